The molecule has 1 aliphatic heterocycles. The monoisotopic (exact) mass is 279 g/mol. The van der Waals surface area contributed by atoms with Crippen LogP contribution in [0, 0.1) is 5.82 Å². The second kappa shape index (κ2) is 7.39. The van der Waals surface area contributed by atoms with E-state index in [2.05, 4.69) is 4.90 Å². The number of esters is 1. The summed E-state index contributed by atoms with van der Waals surface area (Å²) in [6.45, 7) is 2.61. The van der Waals surface area contributed by atoms with Gasteiger partial charge in [-0.2, -0.15) is 0 Å². The van der Waals surface area contributed by atoms with Crippen LogP contribution in [0.2, 0.25) is 0 Å². The molecule has 0 radical (unpaired) electrons. The molecule has 1 saturated heterocycles. The fourth-order valence-corrected chi connectivity index (χ4v) is 2.76. The molecule has 2 rings (SSSR count). The van der Waals surface area contributed by atoms with Gasteiger partial charge in [0.15, 0.2) is 0 Å². The topological polar surface area (TPSA) is 29.5 Å². The number of halogens is 1. The van der Waals surface area contributed by atoms with Gasteiger partial charge in [-0.3, -0.25) is 4.79 Å². The summed E-state index contributed by atoms with van der Waals surface area (Å²) in [4.78, 5) is 14.3. The molecule has 3 nitrogen and oxygen atoms in total. The van der Waals surface area contributed by atoms with Crippen LogP contribution >= 0.6 is 0 Å². The number of hydrogen-bond donors (Lipinski definition) is 0. The quantitative estimate of drug-likeness (QED) is 0.794. The number of carbonyl (C=O) groups excluding carboxylic acids is 1. The predicted molar refractivity (Wildman–Crippen MR) is 76.1 cm³/mol. The average Bonchev–Trinajstić information content (AvgIpc) is 2.72. The van der Waals surface area contributed by atoms with Crippen LogP contribution in [0.4, 0.5) is 4.39 Å². The Kier molecular flexibility index (Phi) is 5.53. The third-order valence-corrected chi connectivity index (χ3v) is 3.88. The van der Waals surface area contributed by atoms with Crippen molar-refractivity contribution in [3.05, 3.63) is 35.6 Å². The first kappa shape index (κ1) is 15.0. The van der Waals surface area contributed by atoms with Crippen molar-refractivity contribution >= 4 is 5.97 Å². The summed E-state index contributed by atoms with van der Waals surface area (Å²) in [7, 11) is 1.39. The predicted octanol–water partition coefficient (Wildman–Crippen LogP) is 2.96. The Morgan fingerprint density at radius 2 is 2.00 bits per heavy atom. The summed E-state index contributed by atoms with van der Waals surface area (Å²) in [6, 6.07) is 6.26. The highest BCUT2D eigenvalue weighted by Crippen LogP contribution is 2.21. The van der Waals surface area contributed by atoms with Gasteiger partial charge in [0.2, 0.25) is 0 Å². The minimum absolute atomic E-state index is 0.292. The third kappa shape index (κ3) is 4.04. The van der Waals surface area contributed by atoms with E-state index in [0.717, 1.165) is 25.9 Å². The molecule has 1 unspecified atom stereocenters. The van der Waals surface area contributed by atoms with E-state index < -0.39 is 5.92 Å². The fourth-order valence-electron chi connectivity index (χ4n) is 2.76. The van der Waals surface area contributed by atoms with Crippen LogP contribution in [-0.4, -0.2) is 37.6 Å². The standard InChI is InChI=1S/C16H22FNO2/c1-20-16(19)15(13-7-6-8-14(17)11-13)12-18-9-4-2-3-5-10-18/h6-8,11,15H,2-5,9-10,12H2,1H3. The van der Waals surface area contributed by atoms with Crippen LogP contribution in [0.3, 0.4) is 0 Å². The number of benzene rings is 1. The smallest absolute Gasteiger partial charge is 0.314 e. The molecule has 1 atom stereocenters. The van der Waals surface area contributed by atoms with E-state index in [1.54, 1.807) is 12.1 Å². The first-order chi connectivity index (χ1) is 9.70. The van der Waals surface area contributed by atoms with Crippen LogP contribution in [-0.2, 0) is 9.53 Å². The highest BCUT2D eigenvalue weighted by molar-refractivity contribution is 5.78. The van der Waals surface area contributed by atoms with E-state index in [0.29, 0.717) is 12.1 Å². The molecule has 1 aliphatic rings. The lowest BCUT2D eigenvalue weighted by Gasteiger charge is -2.25. The highest BCUT2D eigenvalue weighted by Gasteiger charge is 2.25. The molecule has 0 aliphatic carbocycles. The Balaban J connectivity index is 2.12. The van der Waals surface area contributed by atoms with Gasteiger partial charge in [-0.25, -0.2) is 4.39 Å². The largest absolute Gasteiger partial charge is 0.469 e. The number of rotatable bonds is 4. The molecule has 0 amide bonds. The Morgan fingerprint density at radius 3 is 2.60 bits per heavy atom. The van der Waals surface area contributed by atoms with Crippen LogP contribution in [0.25, 0.3) is 0 Å². The zero-order valence-corrected chi connectivity index (χ0v) is 12.0. The van der Waals surface area contributed by atoms with E-state index in [4.69, 9.17) is 4.74 Å². The van der Waals surface area contributed by atoms with Gasteiger partial charge in [-0.1, -0.05) is 25.0 Å². The second-order valence-electron chi connectivity index (χ2n) is 5.35. The Labute approximate surface area is 119 Å². The highest BCUT2D eigenvalue weighted by atomic mass is 19.1. The fraction of sp³-hybridized carbons (Fsp3) is 0.562. The number of ether oxygens (including phenoxy) is 1. The van der Waals surface area contributed by atoms with Crippen molar-refractivity contribution in [3.63, 3.8) is 0 Å². The van der Waals surface area contributed by atoms with Crippen molar-refractivity contribution in [2.24, 2.45) is 0 Å². The molecule has 0 bridgehead atoms. The number of carbonyl (C=O) groups is 1. The summed E-state index contributed by atoms with van der Waals surface area (Å²) in [5, 5.41) is 0. The van der Waals surface area contributed by atoms with Crippen molar-refractivity contribution in [2.75, 3.05) is 26.7 Å². The van der Waals surface area contributed by atoms with Gasteiger partial charge in [0.25, 0.3) is 0 Å². The van der Waals surface area contributed by atoms with Gasteiger partial charge in [0, 0.05) is 6.54 Å². The Bertz CT molecular complexity index is 442. The van der Waals surface area contributed by atoms with E-state index in [1.165, 1.54) is 32.1 Å². The van der Waals surface area contributed by atoms with Gasteiger partial charge in [0.1, 0.15) is 5.82 Å². The molecule has 0 saturated carbocycles. The van der Waals surface area contributed by atoms with Crippen molar-refractivity contribution in [3.8, 4) is 0 Å². The maximum Gasteiger partial charge on any atom is 0.314 e. The average molecular weight is 279 g/mol. The van der Waals surface area contributed by atoms with Crippen molar-refractivity contribution < 1.29 is 13.9 Å². The maximum atomic E-state index is 13.4. The summed E-state index contributed by atoms with van der Waals surface area (Å²) < 4.78 is 18.3. The zero-order chi connectivity index (χ0) is 14.4. The van der Waals surface area contributed by atoms with Crippen molar-refractivity contribution in [1.82, 2.24) is 4.90 Å². The molecule has 1 aromatic rings. The molecule has 0 N–H and O–H groups in total. The molecule has 20 heavy (non-hydrogen) atoms. The molecule has 1 fully saturated rings. The van der Waals surface area contributed by atoms with E-state index in [9.17, 15) is 9.18 Å². The second-order valence-corrected chi connectivity index (χ2v) is 5.35. The van der Waals surface area contributed by atoms with Gasteiger partial charge in [-0.15, -0.1) is 0 Å². The summed E-state index contributed by atoms with van der Waals surface area (Å²) in [5.41, 5.74) is 0.695. The van der Waals surface area contributed by atoms with Gasteiger partial charge >= 0.3 is 5.97 Å². The van der Waals surface area contributed by atoms with Gasteiger partial charge < -0.3 is 9.64 Å². The van der Waals surface area contributed by atoms with Crippen LogP contribution in [0.15, 0.2) is 24.3 Å². The maximum absolute atomic E-state index is 13.4. The van der Waals surface area contributed by atoms with Gasteiger partial charge in [0.05, 0.1) is 13.0 Å². The van der Waals surface area contributed by atoms with Crippen LogP contribution in [0.5, 0.6) is 0 Å². The normalized spacial score (nSPS) is 18.3. The first-order valence-electron chi connectivity index (χ1n) is 7.26. The summed E-state index contributed by atoms with van der Waals surface area (Å²) in [5.74, 6) is -1.01. The molecule has 1 heterocycles. The van der Waals surface area contributed by atoms with E-state index >= 15 is 0 Å². The lowest BCUT2D eigenvalue weighted by molar-refractivity contribution is -0.143. The molecule has 0 spiro atoms. The van der Waals surface area contributed by atoms with Crippen LogP contribution < -0.4 is 0 Å². The summed E-state index contributed by atoms with van der Waals surface area (Å²) in [6.07, 6.45) is 4.83. The lowest BCUT2D eigenvalue weighted by atomic mass is 9.98. The molecule has 1 aromatic carbocycles. The van der Waals surface area contributed by atoms with Crippen LogP contribution in [0.1, 0.15) is 37.2 Å². The SMILES string of the molecule is COC(=O)C(CN1CCCCCC1)c1cccc(F)c1. The molecular formula is C16H22FNO2. The third-order valence-electron chi connectivity index (χ3n) is 3.88. The van der Waals surface area contributed by atoms with Gasteiger partial charge in [-0.05, 0) is 43.6 Å². The Morgan fingerprint density at radius 1 is 1.30 bits per heavy atom. The first-order valence-corrected chi connectivity index (χ1v) is 7.26. The number of likely N-dealkylation sites (tertiary alicyclic amines) is 1. The number of nitrogens with zero attached hydrogens (tertiary/aromatic N) is 1. The lowest BCUT2D eigenvalue weighted by Crippen LogP contribution is -2.33. The van der Waals surface area contributed by atoms with Crippen molar-refractivity contribution in [1.29, 1.82) is 0 Å². The Hall–Kier alpha value is -1.42. The zero-order valence-electron chi connectivity index (χ0n) is 12.0. The van der Waals surface area contributed by atoms with E-state index in [1.807, 2.05) is 0 Å². The minimum atomic E-state index is -0.409. The van der Waals surface area contributed by atoms with Crippen molar-refractivity contribution in [2.45, 2.75) is 31.6 Å². The molecule has 0 aromatic heterocycles. The van der Waals surface area contributed by atoms with E-state index in [-0.39, 0.29) is 11.8 Å². The number of methoxy groups -OCH3 is 1. The molecule has 110 valence electrons. The molecular weight excluding hydrogens is 257 g/mol. The number of hydrogen-bond acceptors (Lipinski definition) is 3. The minimum Gasteiger partial charge on any atom is -0.469 e. The molecule has 4 heteroatoms. The summed E-state index contributed by atoms with van der Waals surface area (Å²) >= 11 is 0.